The summed E-state index contributed by atoms with van der Waals surface area (Å²) in [6.07, 6.45) is 5.32. The third-order valence-electron chi connectivity index (χ3n) is 5.21. The SMILES string of the molecule is CCC(CC)C(=O)Nc1nnc(SCc2cc(=O)c(OC(=O)/C=C/c3ccc(OC)c(OC)c3)co2)s1. The first-order valence-corrected chi connectivity index (χ1v) is 13.2. The monoisotopic (exact) mass is 545 g/mol. The number of aromatic nitrogens is 2. The number of rotatable bonds is 12. The minimum Gasteiger partial charge on any atom is -0.493 e. The lowest BCUT2D eigenvalue weighted by Crippen LogP contribution is -2.21. The van der Waals surface area contributed by atoms with Crippen molar-refractivity contribution in [1.82, 2.24) is 10.2 Å². The zero-order valence-corrected chi connectivity index (χ0v) is 22.4. The number of nitrogens with one attached hydrogen (secondary N) is 1. The summed E-state index contributed by atoms with van der Waals surface area (Å²) in [4.78, 5) is 36.8. The van der Waals surface area contributed by atoms with Crippen molar-refractivity contribution in [3.05, 3.63) is 58.2 Å². The van der Waals surface area contributed by atoms with Crippen LogP contribution in [0.4, 0.5) is 5.13 Å². The number of esters is 1. The molecular formula is C25H27N3O7S2. The van der Waals surface area contributed by atoms with Crippen molar-refractivity contribution in [2.24, 2.45) is 5.92 Å². The van der Waals surface area contributed by atoms with E-state index in [1.165, 1.54) is 55.5 Å². The van der Waals surface area contributed by atoms with Gasteiger partial charge in [-0.25, -0.2) is 4.79 Å². The highest BCUT2D eigenvalue weighted by Crippen LogP contribution is 2.29. The van der Waals surface area contributed by atoms with E-state index in [4.69, 9.17) is 18.6 Å². The fourth-order valence-electron chi connectivity index (χ4n) is 3.17. The van der Waals surface area contributed by atoms with Crippen molar-refractivity contribution in [3.8, 4) is 17.2 Å². The van der Waals surface area contributed by atoms with Gasteiger partial charge in [-0.3, -0.25) is 9.59 Å². The number of amides is 1. The van der Waals surface area contributed by atoms with Crippen LogP contribution in [0, 0.1) is 5.92 Å². The van der Waals surface area contributed by atoms with E-state index in [0.29, 0.717) is 38.0 Å². The van der Waals surface area contributed by atoms with Crippen LogP contribution in [0.15, 0.2) is 50.2 Å². The van der Waals surface area contributed by atoms with Gasteiger partial charge in [0.05, 0.1) is 20.0 Å². The maximum atomic E-state index is 12.4. The summed E-state index contributed by atoms with van der Waals surface area (Å²) >= 11 is 2.54. The van der Waals surface area contributed by atoms with Crippen LogP contribution in [0.2, 0.25) is 0 Å². The average Bonchev–Trinajstić information content (AvgIpc) is 3.35. The summed E-state index contributed by atoms with van der Waals surface area (Å²) in [7, 11) is 3.05. The minimum absolute atomic E-state index is 0.0663. The van der Waals surface area contributed by atoms with Crippen molar-refractivity contribution in [3.63, 3.8) is 0 Å². The van der Waals surface area contributed by atoms with Gasteiger partial charge in [-0.1, -0.05) is 43.0 Å². The summed E-state index contributed by atoms with van der Waals surface area (Å²) in [6, 6.07) is 6.41. The van der Waals surface area contributed by atoms with E-state index in [1.54, 1.807) is 18.2 Å². The van der Waals surface area contributed by atoms with E-state index in [0.717, 1.165) is 19.1 Å². The molecule has 0 unspecified atom stereocenters. The lowest BCUT2D eigenvalue weighted by molar-refractivity contribution is -0.129. The van der Waals surface area contributed by atoms with Crippen molar-refractivity contribution in [1.29, 1.82) is 0 Å². The zero-order chi connectivity index (χ0) is 26.8. The number of thioether (sulfide) groups is 1. The number of nitrogens with zero attached hydrogens (tertiary/aromatic N) is 2. The van der Waals surface area contributed by atoms with E-state index < -0.39 is 11.4 Å². The van der Waals surface area contributed by atoms with Gasteiger partial charge >= 0.3 is 5.97 Å². The molecule has 0 bridgehead atoms. The summed E-state index contributed by atoms with van der Waals surface area (Å²) in [5.74, 6) is 0.651. The largest absolute Gasteiger partial charge is 0.493 e. The van der Waals surface area contributed by atoms with Crippen molar-refractivity contribution in [2.75, 3.05) is 19.5 Å². The van der Waals surface area contributed by atoms with Crippen LogP contribution >= 0.6 is 23.1 Å². The van der Waals surface area contributed by atoms with E-state index in [9.17, 15) is 14.4 Å². The van der Waals surface area contributed by atoms with Crippen LogP contribution in [0.25, 0.3) is 6.08 Å². The van der Waals surface area contributed by atoms with Crippen LogP contribution in [-0.4, -0.2) is 36.3 Å². The van der Waals surface area contributed by atoms with Gasteiger partial charge in [0.25, 0.3) is 0 Å². The Morgan fingerprint density at radius 1 is 1.11 bits per heavy atom. The van der Waals surface area contributed by atoms with Crippen molar-refractivity contribution < 1.29 is 28.2 Å². The molecule has 0 saturated carbocycles. The Kier molecular flexibility index (Phi) is 10.3. The summed E-state index contributed by atoms with van der Waals surface area (Å²) in [5.41, 5.74) is 0.189. The lowest BCUT2D eigenvalue weighted by atomic mass is 10.0. The molecule has 0 fully saturated rings. The summed E-state index contributed by atoms with van der Waals surface area (Å²) in [6.45, 7) is 3.93. The fraction of sp³-hybridized carbons (Fsp3) is 0.320. The molecule has 0 aliphatic heterocycles. The zero-order valence-electron chi connectivity index (χ0n) is 20.8. The fourth-order valence-corrected chi connectivity index (χ4v) is 4.82. The molecule has 1 aromatic carbocycles. The molecule has 1 amide bonds. The molecule has 1 N–H and O–H groups in total. The Morgan fingerprint density at radius 3 is 2.54 bits per heavy atom. The van der Waals surface area contributed by atoms with Crippen molar-refractivity contribution >= 4 is 46.2 Å². The van der Waals surface area contributed by atoms with Gasteiger partial charge < -0.3 is 23.9 Å². The molecule has 0 spiro atoms. The first-order valence-electron chi connectivity index (χ1n) is 11.4. The van der Waals surface area contributed by atoms with Crippen LogP contribution in [0.3, 0.4) is 0 Å². The standard InChI is InChI=1S/C25H27N3O7S2/c1-5-16(6-2)23(31)26-24-27-28-25(37-24)36-14-17-12-18(29)21(13-34-17)35-22(30)10-8-15-7-9-19(32-3)20(11-15)33-4/h7-13,16H,5-6,14H2,1-4H3,(H,26,27,31)/b10-8+. The van der Waals surface area contributed by atoms with E-state index in [2.05, 4.69) is 15.5 Å². The second kappa shape index (κ2) is 13.6. The van der Waals surface area contributed by atoms with Crippen LogP contribution in [0.1, 0.15) is 38.0 Å². The molecule has 0 atom stereocenters. The first-order chi connectivity index (χ1) is 17.9. The topological polar surface area (TPSA) is 130 Å². The highest BCUT2D eigenvalue weighted by Gasteiger charge is 2.17. The second-order valence-electron chi connectivity index (χ2n) is 7.61. The predicted molar refractivity (Wildman–Crippen MR) is 141 cm³/mol. The molecule has 0 aliphatic rings. The number of benzene rings is 1. The quantitative estimate of drug-likeness (QED) is 0.147. The Balaban J connectivity index is 1.54. The molecule has 0 aliphatic carbocycles. The molecule has 0 radical (unpaired) electrons. The highest BCUT2D eigenvalue weighted by atomic mass is 32.2. The normalized spacial score (nSPS) is 11.1. The molecule has 37 heavy (non-hydrogen) atoms. The molecule has 3 aromatic rings. The lowest BCUT2D eigenvalue weighted by Gasteiger charge is -2.09. The third kappa shape index (κ3) is 7.92. The Hall–Kier alpha value is -3.64. The van der Waals surface area contributed by atoms with Crippen LogP contribution < -0.4 is 25.0 Å². The number of hydrogen-bond donors (Lipinski definition) is 1. The maximum Gasteiger partial charge on any atom is 0.336 e. The first kappa shape index (κ1) is 27.9. The van der Waals surface area contributed by atoms with Gasteiger partial charge in [-0.2, -0.15) is 0 Å². The van der Waals surface area contributed by atoms with Gasteiger partial charge in [-0.15, -0.1) is 10.2 Å². The Bertz CT molecular complexity index is 1320. The summed E-state index contributed by atoms with van der Waals surface area (Å²) in [5, 5.41) is 11.2. The minimum atomic E-state index is -0.735. The molecule has 3 rings (SSSR count). The van der Waals surface area contributed by atoms with E-state index in [-0.39, 0.29) is 17.6 Å². The van der Waals surface area contributed by atoms with Crippen LogP contribution in [0.5, 0.6) is 17.2 Å². The number of anilines is 1. The number of ether oxygens (including phenoxy) is 3. The van der Waals surface area contributed by atoms with E-state index >= 15 is 0 Å². The van der Waals surface area contributed by atoms with Gasteiger partial charge in [0, 0.05) is 18.1 Å². The number of carbonyl (C=O) groups is 2. The van der Waals surface area contributed by atoms with Gasteiger partial charge in [-0.05, 0) is 36.6 Å². The van der Waals surface area contributed by atoms with Gasteiger partial charge in [0.2, 0.25) is 22.2 Å². The molecular weight excluding hydrogens is 518 g/mol. The number of methoxy groups -OCH3 is 2. The molecule has 2 aromatic heterocycles. The number of hydrogen-bond acceptors (Lipinski definition) is 11. The smallest absolute Gasteiger partial charge is 0.336 e. The molecule has 2 heterocycles. The average molecular weight is 546 g/mol. The second-order valence-corrected chi connectivity index (χ2v) is 9.81. The molecule has 10 nitrogen and oxygen atoms in total. The maximum absolute atomic E-state index is 12.4. The Labute approximate surface area is 222 Å². The molecule has 12 heteroatoms. The molecule has 0 saturated heterocycles. The van der Waals surface area contributed by atoms with Gasteiger partial charge in [0.15, 0.2) is 15.8 Å². The van der Waals surface area contributed by atoms with Crippen molar-refractivity contribution in [2.45, 2.75) is 36.8 Å². The number of carbonyl (C=O) groups excluding carboxylic acids is 2. The van der Waals surface area contributed by atoms with Crippen LogP contribution in [-0.2, 0) is 15.3 Å². The Morgan fingerprint density at radius 2 is 1.86 bits per heavy atom. The summed E-state index contributed by atoms with van der Waals surface area (Å²) < 4.78 is 21.6. The predicted octanol–water partition coefficient (Wildman–Crippen LogP) is 4.79. The van der Waals surface area contributed by atoms with Gasteiger partial charge in [0.1, 0.15) is 12.0 Å². The molecule has 196 valence electrons. The van der Waals surface area contributed by atoms with E-state index in [1.807, 2.05) is 13.8 Å². The third-order valence-corrected chi connectivity index (χ3v) is 7.21. The highest BCUT2D eigenvalue weighted by molar-refractivity contribution is 8.00.